The van der Waals surface area contributed by atoms with E-state index in [2.05, 4.69) is 10.6 Å². The average molecular weight is 383 g/mol. The Balaban J connectivity index is 1.99. The number of hydrogen-bond donors (Lipinski definition) is 2. The van der Waals surface area contributed by atoms with Crippen molar-refractivity contribution in [2.75, 3.05) is 0 Å². The van der Waals surface area contributed by atoms with Crippen molar-refractivity contribution in [2.24, 2.45) is 0 Å². The number of benzene rings is 2. The summed E-state index contributed by atoms with van der Waals surface area (Å²) in [7, 11) is 0. The molecule has 0 radical (unpaired) electrons. The molecule has 0 saturated heterocycles. The van der Waals surface area contributed by atoms with Crippen molar-refractivity contribution < 1.29 is 14.3 Å². The highest BCUT2D eigenvalue weighted by atomic mass is 16.6. The van der Waals surface area contributed by atoms with E-state index in [1.807, 2.05) is 60.7 Å². The van der Waals surface area contributed by atoms with Gasteiger partial charge in [0.1, 0.15) is 11.6 Å². The quantitative estimate of drug-likeness (QED) is 0.682. The third-order valence-corrected chi connectivity index (χ3v) is 4.12. The zero-order valence-electron chi connectivity index (χ0n) is 17.1. The molecular formula is C23H30N2O3. The topological polar surface area (TPSA) is 67.4 Å². The van der Waals surface area contributed by atoms with Crippen LogP contribution in [0.3, 0.4) is 0 Å². The summed E-state index contributed by atoms with van der Waals surface area (Å²) in [5.74, 6) is -0.637. The molecule has 2 rings (SSSR count). The Bertz CT molecular complexity index is 754. The SMILES string of the molecule is C[C@H](NC(=O)C[C@@H](NCc1ccccc1)c1ccccc1)C(=O)OC(C)(C)C. The van der Waals surface area contributed by atoms with E-state index in [9.17, 15) is 9.59 Å². The van der Waals surface area contributed by atoms with E-state index in [4.69, 9.17) is 4.74 Å². The van der Waals surface area contributed by atoms with Gasteiger partial charge in [0.2, 0.25) is 5.91 Å². The molecule has 5 heteroatoms. The third-order valence-electron chi connectivity index (χ3n) is 4.12. The lowest BCUT2D eigenvalue weighted by Gasteiger charge is -2.24. The maximum absolute atomic E-state index is 12.6. The monoisotopic (exact) mass is 382 g/mol. The van der Waals surface area contributed by atoms with Crippen molar-refractivity contribution in [1.82, 2.24) is 10.6 Å². The number of rotatable bonds is 8. The Morgan fingerprint density at radius 1 is 0.964 bits per heavy atom. The van der Waals surface area contributed by atoms with Crippen molar-refractivity contribution in [2.45, 2.75) is 58.3 Å². The van der Waals surface area contributed by atoms with E-state index in [-0.39, 0.29) is 18.4 Å². The molecule has 0 aliphatic carbocycles. The van der Waals surface area contributed by atoms with Gasteiger partial charge >= 0.3 is 5.97 Å². The molecule has 5 nitrogen and oxygen atoms in total. The summed E-state index contributed by atoms with van der Waals surface area (Å²) in [6.07, 6.45) is 0.226. The number of esters is 1. The third kappa shape index (κ3) is 7.53. The lowest BCUT2D eigenvalue weighted by atomic mass is 10.0. The summed E-state index contributed by atoms with van der Waals surface area (Å²) in [6.45, 7) is 7.70. The van der Waals surface area contributed by atoms with E-state index < -0.39 is 17.6 Å². The standard InChI is InChI=1S/C23H30N2O3/c1-17(22(27)28-23(2,3)4)25-21(26)15-20(19-13-9-6-10-14-19)24-16-18-11-7-5-8-12-18/h5-14,17,20,24H,15-16H2,1-4H3,(H,25,26)/t17-,20+/m0/s1. The van der Waals surface area contributed by atoms with Gasteiger partial charge in [-0.05, 0) is 38.8 Å². The van der Waals surface area contributed by atoms with E-state index >= 15 is 0 Å². The minimum Gasteiger partial charge on any atom is -0.458 e. The zero-order valence-corrected chi connectivity index (χ0v) is 17.1. The van der Waals surface area contributed by atoms with Gasteiger partial charge in [-0.2, -0.15) is 0 Å². The van der Waals surface area contributed by atoms with Gasteiger partial charge in [0.05, 0.1) is 0 Å². The predicted octanol–water partition coefficient (Wildman–Crippen LogP) is 3.75. The molecule has 2 atom stereocenters. The Labute approximate surface area is 167 Å². The molecular weight excluding hydrogens is 352 g/mol. The van der Waals surface area contributed by atoms with Crippen LogP contribution in [0.2, 0.25) is 0 Å². The summed E-state index contributed by atoms with van der Waals surface area (Å²) >= 11 is 0. The van der Waals surface area contributed by atoms with Crippen molar-refractivity contribution in [3.8, 4) is 0 Å². The first-order valence-corrected chi connectivity index (χ1v) is 9.59. The zero-order chi connectivity index (χ0) is 20.6. The second-order valence-corrected chi connectivity index (χ2v) is 7.86. The van der Waals surface area contributed by atoms with Crippen LogP contribution >= 0.6 is 0 Å². The Hall–Kier alpha value is -2.66. The molecule has 0 bridgehead atoms. The van der Waals surface area contributed by atoms with Gasteiger partial charge in [0.25, 0.3) is 0 Å². The first kappa shape index (κ1) is 21.6. The van der Waals surface area contributed by atoms with Crippen LogP contribution in [0.4, 0.5) is 0 Å². The van der Waals surface area contributed by atoms with Crippen molar-refractivity contribution in [3.63, 3.8) is 0 Å². The normalized spacial score (nSPS) is 13.4. The number of nitrogens with one attached hydrogen (secondary N) is 2. The molecule has 2 aromatic carbocycles. The number of hydrogen-bond acceptors (Lipinski definition) is 4. The fourth-order valence-electron chi connectivity index (χ4n) is 2.77. The smallest absolute Gasteiger partial charge is 0.328 e. The molecule has 0 spiro atoms. The summed E-state index contributed by atoms with van der Waals surface area (Å²) in [5, 5.41) is 6.19. The van der Waals surface area contributed by atoms with Crippen molar-refractivity contribution in [3.05, 3.63) is 71.8 Å². The first-order chi connectivity index (χ1) is 13.2. The summed E-state index contributed by atoms with van der Waals surface area (Å²) in [4.78, 5) is 24.7. The van der Waals surface area contributed by atoms with Crippen molar-refractivity contribution >= 4 is 11.9 Å². The first-order valence-electron chi connectivity index (χ1n) is 9.59. The predicted molar refractivity (Wildman–Crippen MR) is 111 cm³/mol. The fraction of sp³-hybridized carbons (Fsp3) is 0.391. The number of carbonyl (C=O) groups excluding carboxylic acids is 2. The molecule has 0 aliphatic rings. The molecule has 0 aliphatic heterocycles. The Morgan fingerprint density at radius 2 is 1.54 bits per heavy atom. The highest BCUT2D eigenvalue weighted by Gasteiger charge is 2.24. The number of amides is 1. The van der Waals surface area contributed by atoms with E-state index in [0.717, 1.165) is 11.1 Å². The van der Waals surface area contributed by atoms with Crippen molar-refractivity contribution in [1.29, 1.82) is 0 Å². The lowest BCUT2D eigenvalue weighted by Crippen LogP contribution is -2.43. The molecule has 2 aromatic rings. The fourth-order valence-corrected chi connectivity index (χ4v) is 2.77. The lowest BCUT2D eigenvalue weighted by molar-refractivity contribution is -0.158. The molecule has 150 valence electrons. The van der Waals surface area contributed by atoms with Gasteiger partial charge in [-0.1, -0.05) is 60.7 Å². The van der Waals surface area contributed by atoms with Crippen LogP contribution in [0.25, 0.3) is 0 Å². The van der Waals surface area contributed by atoms with E-state index in [1.165, 1.54) is 0 Å². The molecule has 1 amide bonds. The summed E-state index contributed by atoms with van der Waals surface area (Å²) in [6, 6.07) is 19.0. The van der Waals surface area contributed by atoms with Crippen LogP contribution in [-0.2, 0) is 20.9 Å². The highest BCUT2D eigenvalue weighted by Crippen LogP contribution is 2.18. The second kappa shape index (κ2) is 10.0. The molecule has 2 N–H and O–H groups in total. The summed E-state index contributed by atoms with van der Waals surface area (Å²) in [5.41, 5.74) is 1.59. The molecule has 0 saturated carbocycles. The van der Waals surface area contributed by atoms with Crippen LogP contribution in [0.15, 0.2) is 60.7 Å². The average Bonchev–Trinajstić information content (AvgIpc) is 2.65. The molecule has 0 fully saturated rings. The molecule has 0 aromatic heterocycles. The summed E-state index contributed by atoms with van der Waals surface area (Å²) < 4.78 is 5.33. The Morgan fingerprint density at radius 3 is 2.11 bits per heavy atom. The largest absolute Gasteiger partial charge is 0.458 e. The maximum Gasteiger partial charge on any atom is 0.328 e. The van der Waals surface area contributed by atoms with Crippen LogP contribution < -0.4 is 10.6 Å². The van der Waals surface area contributed by atoms with Crippen LogP contribution in [0, 0.1) is 0 Å². The van der Waals surface area contributed by atoms with Gasteiger partial charge in [-0.15, -0.1) is 0 Å². The van der Waals surface area contributed by atoms with Gasteiger partial charge in [-0.25, -0.2) is 4.79 Å². The van der Waals surface area contributed by atoms with E-state index in [1.54, 1.807) is 27.7 Å². The number of ether oxygens (including phenoxy) is 1. The minimum atomic E-state index is -0.697. The maximum atomic E-state index is 12.6. The Kier molecular flexibility index (Phi) is 7.76. The minimum absolute atomic E-state index is 0.160. The van der Waals surface area contributed by atoms with E-state index in [0.29, 0.717) is 6.54 Å². The molecule has 28 heavy (non-hydrogen) atoms. The van der Waals surface area contributed by atoms with Crippen LogP contribution in [0.5, 0.6) is 0 Å². The van der Waals surface area contributed by atoms with Gasteiger partial charge < -0.3 is 15.4 Å². The van der Waals surface area contributed by atoms with Gasteiger partial charge in [0.15, 0.2) is 0 Å². The van der Waals surface area contributed by atoms with Crippen LogP contribution in [0.1, 0.15) is 51.3 Å². The highest BCUT2D eigenvalue weighted by molar-refractivity contribution is 5.84. The molecule has 0 heterocycles. The van der Waals surface area contributed by atoms with Gasteiger partial charge in [0, 0.05) is 19.0 Å². The second-order valence-electron chi connectivity index (χ2n) is 7.86. The molecule has 0 unspecified atom stereocenters. The van der Waals surface area contributed by atoms with Gasteiger partial charge in [-0.3, -0.25) is 4.79 Å². The number of carbonyl (C=O) groups is 2. The van der Waals surface area contributed by atoms with Crippen LogP contribution in [-0.4, -0.2) is 23.5 Å².